The summed E-state index contributed by atoms with van der Waals surface area (Å²) in [4.78, 5) is 32.1. The van der Waals surface area contributed by atoms with E-state index in [0.717, 1.165) is 17.8 Å². The first kappa shape index (κ1) is 24.3. The van der Waals surface area contributed by atoms with Gasteiger partial charge in [0.15, 0.2) is 0 Å². The number of nitrogens with one attached hydrogen (secondary N) is 2. The second kappa shape index (κ2) is 10.5. The zero-order valence-corrected chi connectivity index (χ0v) is 18.4. The van der Waals surface area contributed by atoms with Gasteiger partial charge in [-0.1, -0.05) is 6.07 Å². The number of ether oxygens (including phenoxy) is 1. The minimum Gasteiger partial charge on any atom is -0.495 e. The number of alkyl halides is 3. The van der Waals surface area contributed by atoms with Crippen LogP contribution in [0.3, 0.4) is 0 Å². The van der Waals surface area contributed by atoms with Crippen molar-refractivity contribution >= 4 is 23.3 Å². The number of methoxy groups -OCH3 is 1. The molecule has 1 aromatic heterocycles. The summed E-state index contributed by atoms with van der Waals surface area (Å²) in [6.07, 6.45) is -3.59. The fourth-order valence-electron chi connectivity index (χ4n) is 3.43. The molecule has 0 unspecified atom stereocenters. The monoisotopic (exact) mass is 465 g/mol. The number of aryl methyl sites for hydroxylation is 1. The fraction of sp³-hybridized carbons (Fsp3) is 0.409. The van der Waals surface area contributed by atoms with E-state index in [0.29, 0.717) is 43.4 Å². The first-order valence-corrected chi connectivity index (χ1v) is 10.4. The van der Waals surface area contributed by atoms with Crippen LogP contribution in [-0.4, -0.2) is 68.1 Å². The second-order valence-electron chi connectivity index (χ2n) is 7.69. The largest absolute Gasteiger partial charge is 0.495 e. The highest BCUT2D eigenvalue weighted by Gasteiger charge is 2.31. The summed E-state index contributed by atoms with van der Waals surface area (Å²) in [5, 5.41) is 5.32. The molecule has 2 heterocycles. The number of piperazine rings is 1. The Hall–Kier alpha value is -3.34. The lowest BCUT2D eigenvalue weighted by Crippen LogP contribution is -2.50. The molecule has 1 aromatic carbocycles. The normalized spacial score (nSPS) is 14.6. The number of hydrogen-bond acceptors (Lipinski definition) is 6. The predicted octanol–water partition coefficient (Wildman–Crippen LogP) is 2.29. The lowest BCUT2D eigenvalue weighted by molar-refractivity contribution is -0.137. The Bertz CT molecular complexity index is 974. The molecule has 2 aromatic rings. The minimum absolute atomic E-state index is 0.120. The average Bonchev–Trinajstić information content (AvgIpc) is 2.78. The van der Waals surface area contributed by atoms with Crippen molar-refractivity contribution < 1.29 is 27.5 Å². The Morgan fingerprint density at radius 1 is 1.09 bits per heavy atom. The van der Waals surface area contributed by atoms with Crippen LogP contribution >= 0.6 is 0 Å². The van der Waals surface area contributed by atoms with Gasteiger partial charge in [-0.05, 0) is 36.8 Å². The molecule has 0 spiro atoms. The van der Waals surface area contributed by atoms with E-state index in [1.165, 1.54) is 13.2 Å². The van der Waals surface area contributed by atoms with Crippen LogP contribution in [0.2, 0.25) is 0 Å². The molecule has 2 N–H and O–H groups in total. The van der Waals surface area contributed by atoms with E-state index in [4.69, 9.17) is 4.74 Å². The van der Waals surface area contributed by atoms with E-state index >= 15 is 0 Å². The summed E-state index contributed by atoms with van der Waals surface area (Å²) in [5.41, 5.74) is 0.706. The van der Waals surface area contributed by atoms with Gasteiger partial charge in [0.1, 0.15) is 11.6 Å². The number of hydrogen-bond donors (Lipinski definition) is 2. The van der Waals surface area contributed by atoms with Crippen LogP contribution in [0.15, 0.2) is 36.5 Å². The number of anilines is 2. The van der Waals surface area contributed by atoms with Crippen LogP contribution < -0.4 is 20.3 Å². The quantitative estimate of drug-likeness (QED) is 0.653. The molecular formula is C22H26F3N5O3. The molecule has 0 aliphatic carbocycles. The molecule has 11 heteroatoms. The van der Waals surface area contributed by atoms with E-state index in [1.807, 2.05) is 22.8 Å². The minimum atomic E-state index is -4.42. The molecule has 0 bridgehead atoms. The molecule has 178 valence electrons. The molecule has 1 aliphatic heterocycles. The molecular weight excluding hydrogens is 439 g/mol. The van der Waals surface area contributed by atoms with Crippen molar-refractivity contribution in [1.82, 2.24) is 15.2 Å². The summed E-state index contributed by atoms with van der Waals surface area (Å²) in [7, 11) is 1.51. The van der Waals surface area contributed by atoms with Gasteiger partial charge in [0.05, 0.1) is 31.5 Å². The average molecular weight is 465 g/mol. The maximum atomic E-state index is 12.7. The molecule has 2 amide bonds. The number of halogens is 3. The zero-order chi connectivity index (χ0) is 24.0. The van der Waals surface area contributed by atoms with Crippen molar-refractivity contribution in [3.05, 3.63) is 47.7 Å². The number of nitrogens with zero attached hydrogens (tertiary/aromatic N) is 3. The maximum absolute atomic E-state index is 12.7. The first-order chi connectivity index (χ1) is 15.7. The zero-order valence-electron chi connectivity index (χ0n) is 18.4. The van der Waals surface area contributed by atoms with Gasteiger partial charge in [-0.3, -0.25) is 14.5 Å². The smallest absolute Gasteiger partial charge is 0.417 e. The molecule has 8 nitrogen and oxygen atoms in total. The highest BCUT2D eigenvalue weighted by molar-refractivity contribution is 5.96. The highest BCUT2D eigenvalue weighted by Crippen LogP contribution is 2.29. The number of carbonyl (C=O) groups excluding carboxylic acids is 2. The maximum Gasteiger partial charge on any atom is 0.417 e. The predicted molar refractivity (Wildman–Crippen MR) is 117 cm³/mol. The van der Waals surface area contributed by atoms with E-state index in [-0.39, 0.29) is 24.9 Å². The van der Waals surface area contributed by atoms with Crippen LogP contribution in [0.1, 0.15) is 11.1 Å². The van der Waals surface area contributed by atoms with Gasteiger partial charge in [-0.2, -0.15) is 13.2 Å². The summed E-state index contributed by atoms with van der Waals surface area (Å²) < 4.78 is 43.3. The van der Waals surface area contributed by atoms with E-state index in [1.54, 1.807) is 12.1 Å². The van der Waals surface area contributed by atoms with Crippen molar-refractivity contribution in [2.24, 2.45) is 0 Å². The third kappa shape index (κ3) is 6.82. The summed E-state index contributed by atoms with van der Waals surface area (Å²) in [6.45, 7) is 3.98. The van der Waals surface area contributed by atoms with Gasteiger partial charge in [0, 0.05) is 32.4 Å². The lowest BCUT2D eigenvalue weighted by atomic mass is 10.2. The number of aromatic nitrogens is 1. The van der Waals surface area contributed by atoms with Gasteiger partial charge >= 0.3 is 6.18 Å². The van der Waals surface area contributed by atoms with Gasteiger partial charge in [0.2, 0.25) is 11.8 Å². The van der Waals surface area contributed by atoms with Crippen molar-refractivity contribution in [2.75, 3.05) is 56.6 Å². The molecule has 0 saturated carbocycles. The van der Waals surface area contributed by atoms with E-state index < -0.39 is 11.7 Å². The standard InChI is InChI=1S/C22H26F3N5O3/c1-15-3-5-18(33-2)17(11-15)28-20(31)13-27-21(32)14-29-7-9-30(10-8-29)19-6-4-16(12-26-19)22(23,24)25/h3-6,11-12H,7-10,13-14H2,1-2H3,(H,27,32)(H,28,31). The Morgan fingerprint density at radius 2 is 1.82 bits per heavy atom. The second-order valence-corrected chi connectivity index (χ2v) is 7.69. The van der Waals surface area contributed by atoms with E-state index in [9.17, 15) is 22.8 Å². The molecule has 1 saturated heterocycles. The Balaban J connectivity index is 1.41. The number of pyridine rings is 1. The number of carbonyl (C=O) groups is 2. The third-order valence-corrected chi connectivity index (χ3v) is 5.21. The topological polar surface area (TPSA) is 86.8 Å². The SMILES string of the molecule is COc1ccc(C)cc1NC(=O)CNC(=O)CN1CCN(c2ccc(C(F)(F)F)cn2)CC1. The fourth-order valence-corrected chi connectivity index (χ4v) is 3.43. The first-order valence-electron chi connectivity index (χ1n) is 10.4. The van der Waals surface area contributed by atoms with Crippen molar-refractivity contribution in [3.63, 3.8) is 0 Å². The lowest BCUT2D eigenvalue weighted by Gasteiger charge is -2.35. The Kier molecular flexibility index (Phi) is 7.75. The number of amides is 2. The molecule has 3 rings (SSSR count). The van der Waals surface area contributed by atoms with Crippen LogP contribution in [0.4, 0.5) is 24.7 Å². The summed E-state index contributed by atoms with van der Waals surface area (Å²) in [6, 6.07) is 7.77. The van der Waals surface area contributed by atoms with Gasteiger partial charge in [0.25, 0.3) is 0 Å². The molecule has 1 aliphatic rings. The highest BCUT2D eigenvalue weighted by atomic mass is 19.4. The van der Waals surface area contributed by atoms with Crippen LogP contribution in [0.25, 0.3) is 0 Å². The van der Waals surface area contributed by atoms with Gasteiger partial charge < -0.3 is 20.3 Å². The molecule has 0 radical (unpaired) electrons. The summed E-state index contributed by atoms with van der Waals surface area (Å²) >= 11 is 0. The summed E-state index contributed by atoms with van der Waals surface area (Å²) in [5.74, 6) is 0.337. The third-order valence-electron chi connectivity index (χ3n) is 5.21. The van der Waals surface area contributed by atoms with Crippen molar-refractivity contribution in [1.29, 1.82) is 0 Å². The number of rotatable bonds is 7. The van der Waals surface area contributed by atoms with Crippen LogP contribution in [0.5, 0.6) is 5.75 Å². The molecule has 0 atom stereocenters. The van der Waals surface area contributed by atoms with Gasteiger partial charge in [-0.15, -0.1) is 0 Å². The van der Waals surface area contributed by atoms with Gasteiger partial charge in [-0.25, -0.2) is 4.98 Å². The van der Waals surface area contributed by atoms with Crippen LogP contribution in [-0.2, 0) is 15.8 Å². The van der Waals surface area contributed by atoms with E-state index in [2.05, 4.69) is 15.6 Å². The van der Waals surface area contributed by atoms with Crippen molar-refractivity contribution in [2.45, 2.75) is 13.1 Å². The Morgan fingerprint density at radius 3 is 2.42 bits per heavy atom. The molecule has 1 fully saturated rings. The number of benzene rings is 1. The van der Waals surface area contributed by atoms with Crippen molar-refractivity contribution in [3.8, 4) is 5.75 Å². The van der Waals surface area contributed by atoms with Crippen LogP contribution in [0, 0.1) is 6.92 Å². The molecule has 33 heavy (non-hydrogen) atoms. The Labute approximate surface area is 189 Å².